The number of aryl methyl sites for hydroxylation is 2. The maximum atomic E-state index is 5.06. The molecule has 1 heterocycles. The molecule has 0 aliphatic carbocycles. The Morgan fingerprint density at radius 3 is 2.42 bits per heavy atom. The first-order valence-electron chi connectivity index (χ1n) is 3.81. The van der Waals surface area contributed by atoms with E-state index in [1.54, 1.807) is 7.11 Å². The molecule has 12 heavy (non-hydrogen) atoms. The Morgan fingerprint density at radius 2 is 2.08 bits per heavy atom. The third-order valence-corrected chi connectivity index (χ3v) is 2.03. The highest BCUT2D eigenvalue weighted by atomic mass is 16.5. The molecule has 0 aliphatic heterocycles. The summed E-state index contributed by atoms with van der Waals surface area (Å²) in [5.74, 6) is 0.679. The molecule has 0 N–H and O–H groups in total. The van der Waals surface area contributed by atoms with Gasteiger partial charge in [0.25, 0.3) is 0 Å². The van der Waals surface area contributed by atoms with Gasteiger partial charge in [-0.3, -0.25) is 4.68 Å². The van der Waals surface area contributed by atoms with Crippen LogP contribution in [0.3, 0.4) is 0 Å². The number of hydrogen-bond acceptors (Lipinski definition) is 2. The van der Waals surface area contributed by atoms with Crippen molar-refractivity contribution in [3.05, 3.63) is 23.5 Å². The minimum absolute atomic E-state index is 0.679. The standard InChI is InChI=1S/C9H14N2O/c1-6-9(8(3)12-5)7(2)11(4)10-6/h3H2,1-2,4-5H3. The van der Waals surface area contributed by atoms with Crippen molar-refractivity contribution in [1.82, 2.24) is 9.78 Å². The molecule has 66 valence electrons. The molecule has 3 nitrogen and oxygen atoms in total. The van der Waals surface area contributed by atoms with E-state index in [2.05, 4.69) is 11.7 Å². The van der Waals surface area contributed by atoms with Crippen LogP contribution in [0.2, 0.25) is 0 Å². The number of hydrogen-bond donors (Lipinski definition) is 0. The van der Waals surface area contributed by atoms with Crippen molar-refractivity contribution in [3.63, 3.8) is 0 Å². The van der Waals surface area contributed by atoms with Crippen LogP contribution in [0.1, 0.15) is 17.0 Å². The maximum Gasteiger partial charge on any atom is 0.122 e. The Morgan fingerprint density at radius 1 is 1.50 bits per heavy atom. The Kier molecular flexibility index (Phi) is 2.22. The molecule has 3 heteroatoms. The highest BCUT2D eigenvalue weighted by Gasteiger charge is 2.11. The molecule has 0 aliphatic rings. The second-order valence-electron chi connectivity index (χ2n) is 2.80. The van der Waals surface area contributed by atoms with Gasteiger partial charge in [-0.25, -0.2) is 0 Å². The molecular weight excluding hydrogens is 152 g/mol. The van der Waals surface area contributed by atoms with Crippen LogP contribution in [0, 0.1) is 13.8 Å². The Labute approximate surface area is 72.7 Å². The van der Waals surface area contributed by atoms with E-state index >= 15 is 0 Å². The van der Waals surface area contributed by atoms with E-state index < -0.39 is 0 Å². The van der Waals surface area contributed by atoms with Gasteiger partial charge in [0.15, 0.2) is 0 Å². The molecule has 1 aromatic heterocycles. The second kappa shape index (κ2) is 3.01. The minimum Gasteiger partial charge on any atom is -0.497 e. The van der Waals surface area contributed by atoms with Crippen LogP contribution in [-0.2, 0) is 11.8 Å². The van der Waals surface area contributed by atoms with Gasteiger partial charge in [-0.05, 0) is 13.8 Å². The lowest BCUT2D eigenvalue weighted by Crippen LogP contribution is -1.94. The number of nitrogens with zero attached hydrogens (tertiary/aromatic N) is 2. The molecular formula is C9H14N2O. The van der Waals surface area contributed by atoms with Crippen molar-refractivity contribution in [2.45, 2.75) is 13.8 Å². The highest BCUT2D eigenvalue weighted by molar-refractivity contribution is 5.61. The normalized spacial score (nSPS) is 10.0. The van der Waals surface area contributed by atoms with Crippen molar-refractivity contribution in [2.75, 3.05) is 7.11 Å². The highest BCUT2D eigenvalue weighted by Crippen LogP contribution is 2.20. The van der Waals surface area contributed by atoms with Crippen molar-refractivity contribution in [2.24, 2.45) is 7.05 Å². The SMILES string of the molecule is C=C(OC)c1c(C)nn(C)c1C. The van der Waals surface area contributed by atoms with E-state index in [4.69, 9.17) is 4.74 Å². The fourth-order valence-electron chi connectivity index (χ4n) is 1.28. The van der Waals surface area contributed by atoms with E-state index in [-0.39, 0.29) is 0 Å². The number of rotatable bonds is 2. The number of aromatic nitrogens is 2. The Hall–Kier alpha value is -1.25. The van der Waals surface area contributed by atoms with Crippen LogP contribution in [0.25, 0.3) is 5.76 Å². The summed E-state index contributed by atoms with van der Waals surface area (Å²) in [6, 6.07) is 0. The maximum absolute atomic E-state index is 5.06. The van der Waals surface area contributed by atoms with Gasteiger partial charge in [0.2, 0.25) is 0 Å². The van der Waals surface area contributed by atoms with Gasteiger partial charge in [0.1, 0.15) is 5.76 Å². The fraction of sp³-hybridized carbons (Fsp3) is 0.444. The molecule has 0 atom stereocenters. The van der Waals surface area contributed by atoms with Crippen LogP contribution in [0.15, 0.2) is 6.58 Å². The lowest BCUT2D eigenvalue weighted by molar-refractivity contribution is 0.371. The average molecular weight is 166 g/mol. The van der Waals surface area contributed by atoms with Gasteiger partial charge < -0.3 is 4.74 Å². The summed E-state index contributed by atoms with van der Waals surface area (Å²) in [6.45, 7) is 7.75. The minimum atomic E-state index is 0.679. The van der Waals surface area contributed by atoms with Gasteiger partial charge in [0.05, 0.1) is 18.4 Å². The molecule has 1 rings (SSSR count). The molecule has 0 saturated heterocycles. The summed E-state index contributed by atoms with van der Waals surface area (Å²) in [5, 5.41) is 4.26. The van der Waals surface area contributed by atoms with Crippen LogP contribution < -0.4 is 0 Å². The largest absolute Gasteiger partial charge is 0.497 e. The molecule has 0 aromatic carbocycles. The Bertz CT molecular complexity index is 313. The summed E-state index contributed by atoms with van der Waals surface area (Å²) in [6.07, 6.45) is 0. The van der Waals surface area contributed by atoms with Gasteiger partial charge in [-0.1, -0.05) is 6.58 Å². The van der Waals surface area contributed by atoms with E-state index in [0.29, 0.717) is 5.76 Å². The molecule has 0 radical (unpaired) electrons. The summed E-state index contributed by atoms with van der Waals surface area (Å²) < 4.78 is 6.89. The van der Waals surface area contributed by atoms with Crippen LogP contribution in [0.4, 0.5) is 0 Å². The Balaban J connectivity index is 3.22. The lowest BCUT2D eigenvalue weighted by atomic mass is 10.2. The third kappa shape index (κ3) is 1.22. The van der Waals surface area contributed by atoms with Crippen molar-refractivity contribution >= 4 is 5.76 Å². The average Bonchev–Trinajstić information content (AvgIpc) is 2.26. The topological polar surface area (TPSA) is 27.1 Å². The molecule has 0 bridgehead atoms. The summed E-state index contributed by atoms with van der Waals surface area (Å²) >= 11 is 0. The zero-order chi connectivity index (χ0) is 9.30. The monoisotopic (exact) mass is 166 g/mol. The zero-order valence-corrected chi connectivity index (χ0v) is 8.01. The first-order chi connectivity index (χ1) is 5.57. The number of ether oxygens (including phenoxy) is 1. The van der Waals surface area contributed by atoms with Crippen molar-refractivity contribution in [3.8, 4) is 0 Å². The number of methoxy groups -OCH3 is 1. The molecule has 0 fully saturated rings. The fourth-order valence-corrected chi connectivity index (χ4v) is 1.28. The van der Waals surface area contributed by atoms with Gasteiger partial charge >= 0.3 is 0 Å². The molecule has 0 spiro atoms. The quantitative estimate of drug-likeness (QED) is 0.625. The molecule has 0 saturated carbocycles. The van der Waals surface area contributed by atoms with E-state index in [0.717, 1.165) is 17.0 Å². The summed E-state index contributed by atoms with van der Waals surface area (Å²) in [5.41, 5.74) is 3.06. The molecule has 1 aromatic rings. The first-order valence-corrected chi connectivity index (χ1v) is 3.81. The smallest absolute Gasteiger partial charge is 0.122 e. The summed E-state index contributed by atoms with van der Waals surface area (Å²) in [4.78, 5) is 0. The predicted molar refractivity (Wildman–Crippen MR) is 48.7 cm³/mol. The van der Waals surface area contributed by atoms with E-state index in [9.17, 15) is 0 Å². The molecule has 0 unspecified atom stereocenters. The van der Waals surface area contributed by atoms with E-state index in [1.807, 2.05) is 25.6 Å². The van der Waals surface area contributed by atoms with Gasteiger partial charge in [0, 0.05) is 12.7 Å². The van der Waals surface area contributed by atoms with Crippen molar-refractivity contribution in [1.29, 1.82) is 0 Å². The first kappa shape index (κ1) is 8.84. The molecule has 0 amide bonds. The lowest BCUT2D eigenvalue weighted by Gasteiger charge is -2.03. The van der Waals surface area contributed by atoms with E-state index in [1.165, 1.54) is 0 Å². The van der Waals surface area contributed by atoms with Crippen LogP contribution >= 0.6 is 0 Å². The van der Waals surface area contributed by atoms with Gasteiger partial charge in [-0.15, -0.1) is 0 Å². The van der Waals surface area contributed by atoms with Crippen LogP contribution in [-0.4, -0.2) is 16.9 Å². The van der Waals surface area contributed by atoms with Crippen LogP contribution in [0.5, 0.6) is 0 Å². The summed E-state index contributed by atoms with van der Waals surface area (Å²) in [7, 11) is 3.53. The van der Waals surface area contributed by atoms with Gasteiger partial charge in [-0.2, -0.15) is 5.10 Å². The van der Waals surface area contributed by atoms with Crippen molar-refractivity contribution < 1.29 is 4.74 Å². The second-order valence-corrected chi connectivity index (χ2v) is 2.80. The third-order valence-electron chi connectivity index (χ3n) is 2.03. The predicted octanol–water partition coefficient (Wildman–Crippen LogP) is 1.65. The zero-order valence-electron chi connectivity index (χ0n) is 8.01.